The summed E-state index contributed by atoms with van der Waals surface area (Å²) in [7, 11) is 1.67. The topological polar surface area (TPSA) is 56.2 Å². The van der Waals surface area contributed by atoms with Gasteiger partial charge in [-0.2, -0.15) is 0 Å². The molecular weight excluding hydrogens is 377 g/mol. The highest BCUT2D eigenvalue weighted by molar-refractivity contribution is 7.18. The van der Waals surface area contributed by atoms with Crippen molar-refractivity contribution in [2.24, 2.45) is 0 Å². The van der Waals surface area contributed by atoms with Gasteiger partial charge in [-0.15, -0.1) is 11.3 Å². The van der Waals surface area contributed by atoms with Gasteiger partial charge in [-0.3, -0.25) is 9.36 Å². The number of methoxy groups -OCH3 is 1. The minimum Gasteiger partial charge on any atom is -0.385 e. The Kier molecular flexibility index (Phi) is 5.85. The largest absolute Gasteiger partial charge is 0.385 e. The van der Waals surface area contributed by atoms with Crippen LogP contribution in [0.25, 0.3) is 10.2 Å². The van der Waals surface area contributed by atoms with Gasteiger partial charge in [-0.25, -0.2) is 9.37 Å². The van der Waals surface area contributed by atoms with E-state index in [1.165, 1.54) is 22.6 Å². The molecular formula is C21H24FN3O2S. The van der Waals surface area contributed by atoms with Gasteiger partial charge in [0.05, 0.1) is 11.7 Å². The maximum atomic E-state index is 13.0. The predicted molar refractivity (Wildman–Crippen MR) is 109 cm³/mol. The Morgan fingerprint density at radius 2 is 2.18 bits per heavy atom. The minimum atomic E-state index is -0.211. The van der Waals surface area contributed by atoms with Crippen LogP contribution in [0.1, 0.15) is 28.8 Å². The number of fused-ring (bicyclic) bond motifs is 3. The molecule has 2 aromatic heterocycles. The first kappa shape index (κ1) is 19.2. The summed E-state index contributed by atoms with van der Waals surface area (Å²) in [5.41, 5.74) is 2.32. The summed E-state index contributed by atoms with van der Waals surface area (Å²) >= 11 is 1.64. The molecule has 0 aliphatic heterocycles. The molecule has 0 amide bonds. The van der Waals surface area contributed by atoms with E-state index >= 15 is 0 Å². The summed E-state index contributed by atoms with van der Waals surface area (Å²) in [4.78, 5) is 19.6. The van der Waals surface area contributed by atoms with E-state index in [4.69, 9.17) is 4.74 Å². The van der Waals surface area contributed by atoms with E-state index in [9.17, 15) is 9.18 Å². The highest BCUT2D eigenvalue weighted by Crippen LogP contribution is 2.33. The highest BCUT2D eigenvalue weighted by Gasteiger charge is 2.25. The van der Waals surface area contributed by atoms with Gasteiger partial charge in [0.1, 0.15) is 10.6 Å². The van der Waals surface area contributed by atoms with Crippen molar-refractivity contribution in [3.8, 4) is 0 Å². The zero-order valence-electron chi connectivity index (χ0n) is 15.9. The average Bonchev–Trinajstić information content (AvgIpc) is 3.08. The molecule has 1 N–H and O–H groups in total. The number of benzene rings is 1. The average molecular weight is 402 g/mol. The Morgan fingerprint density at radius 3 is 2.96 bits per heavy atom. The summed E-state index contributed by atoms with van der Waals surface area (Å²) in [5.74, 6) is -0.211. The monoisotopic (exact) mass is 401 g/mol. The molecule has 1 aliphatic carbocycles. The third-order valence-corrected chi connectivity index (χ3v) is 6.45. The van der Waals surface area contributed by atoms with E-state index in [0.29, 0.717) is 19.2 Å². The van der Waals surface area contributed by atoms with Crippen LogP contribution < -0.4 is 10.9 Å². The fraction of sp³-hybridized carbons (Fsp3) is 0.429. The van der Waals surface area contributed by atoms with E-state index in [0.717, 1.165) is 48.0 Å². The van der Waals surface area contributed by atoms with Crippen molar-refractivity contribution in [2.75, 3.05) is 13.7 Å². The van der Waals surface area contributed by atoms with Crippen LogP contribution in [-0.2, 0) is 30.7 Å². The van der Waals surface area contributed by atoms with Crippen LogP contribution in [0.15, 0.2) is 35.4 Å². The number of nitrogens with one attached hydrogen (secondary N) is 1. The number of ether oxygens (including phenoxy) is 1. The smallest absolute Gasteiger partial charge is 0.262 e. The summed E-state index contributed by atoms with van der Waals surface area (Å²) < 4.78 is 19.8. The van der Waals surface area contributed by atoms with Crippen molar-refractivity contribution in [1.29, 1.82) is 0 Å². The molecule has 1 atom stereocenters. The number of aromatic nitrogens is 2. The molecule has 0 fully saturated rings. The number of hydrogen-bond acceptors (Lipinski definition) is 5. The Bertz CT molecular complexity index is 1010. The molecule has 4 rings (SSSR count). The van der Waals surface area contributed by atoms with Gasteiger partial charge in [-0.1, -0.05) is 12.1 Å². The van der Waals surface area contributed by atoms with Gasteiger partial charge in [0.15, 0.2) is 0 Å². The van der Waals surface area contributed by atoms with Crippen molar-refractivity contribution in [3.63, 3.8) is 0 Å². The second kappa shape index (κ2) is 8.51. The molecule has 0 unspecified atom stereocenters. The molecule has 0 radical (unpaired) electrons. The van der Waals surface area contributed by atoms with Gasteiger partial charge in [0.2, 0.25) is 0 Å². The molecule has 1 aromatic carbocycles. The number of nitrogens with zero attached hydrogens (tertiary/aromatic N) is 2. The number of aryl methyl sites for hydroxylation is 2. The normalized spacial score (nSPS) is 16.4. The summed E-state index contributed by atoms with van der Waals surface area (Å²) in [6, 6.07) is 6.96. The molecule has 0 saturated carbocycles. The Hall–Kier alpha value is -2.09. The molecule has 0 spiro atoms. The summed E-state index contributed by atoms with van der Waals surface area (Å²) in [6.07, 6.45) is 5.23. The molecule has 3 aromatic rings. The van der Waals surface area contributed by atoms with Crippen LogP contribution in [0.3, 0.4) is 0 Å². The maximum absolute atomic E-state index is 13.0. The zero-order chi connectivity index (χ0) is 19.5. The number of rotatable bonds is 7. The number of thiophene rings is 1. The number of halogens is 1. The lowest BCUT2D eigenvalue weighted by Crippen LogP contribution is -2.33. The third kappa shape index (κ3) is 4.01. The maximum Gasteiger partial charge on any atom is 0.262 e. The van der Waals surface area contributed by atoms with Gasteiger partial charge >= 0.3 is 0 Å². The van der Waals surface area contributed by atoms with Crippen LogP contribution in [0.5, 0.6) is 0 Å². The summed E-state index contributed by atoms with van der Waals surface area (Å²) in [6.45, 7) is 1.98. The second-order valence-electron chi connectivity index (χ2n) is 7.22. The Labute approximate surface area is 167 Å². The fourth-order valence-corrected chi connectivity index (χ4v) is 5.04. The van der Waals surface area contributed by atoms with Crippen LogP contribution in [0.4, 0.5) is 4.39 Å². The van der Waals surface area contributed by atoms with Gasteiger partial charge < -0.3 is 10.1 Å². The van der Waals surface area contributed by atoms with Crippen molar-refractivity contribution < 1.29 is 9.13 Å². The minimum absolute atomic E-state index is 0.0660. The lowest BCUT2D eigenvalue weighted by molar-refractivity contribution is 0.190. The number of hydrogen-bond donors (Lipinski definition) is 1. The highest BCUT2D eigenvalue weighted by atomic mass is 32.1. The lowest BCUT2D eigenvalue weighted by Gasteiger charge is -2.23. The lowest BCUT2D eigenvalue weighted by atomic mass is 9.93. The standard InChI is InChI=1S/C21H24FN3O2S/c1-27-10-2-9-25-13-24-20-19(21(25)26)17-8-7-16(11-18(17)28-20)23-12-14-3-5-15(22)6-4-14/h3-6,13,16,23H,2,7-12H2,1H3/t16-/m0/s1. The van der Waals surface area contributed by atoms with E-state index < -0.39 is 0 Å². The molecule has 5 nitrogen and oxygen atoms in total. The Morgan fingerprint density at radius 1 is 1.36 bits per heavy atom. The van der Waals surface area contributed by atoms with E-state index in [-0.39, 0.29) is 11.4 Å². The van der Waals surface area contributed by atoms with Crippen molar-refractivity contribution in [2.45, 2.75) is 44.8 Å². The van der Waals surface area contributed by atoms with Crippen LogP contribution in [0.2, 0.25) is 0 Å². The van der Waals surface area contributed by atoms with E-state index in [2.05, 4.69) is 10.3 Å². The van der Waals surface area contributed by atoms with Crippen LogP contribution in [0, 0.1) is 5.82 Å². The van der Waals surface area contributed by atoms with E-state index in [1.807, 2.05) is 12.1 Å². The quantitative estimate of drug-likeness (QED) is 0.618. The fourth-order valence-electron chi connectivity index (χ4n) is 3.78. The van der Waals surface area contributed by atoms with Gasteiger partial charge in [0.25, 0.3) is 5.56 Å². The van der Waals surface area contributed by atoms with Gasteiger partial charge in [0, 0.05) is 37.7 Å². The molecule has 0 bridgehead atoms. The zero-order valence-corrected chi connectivity index (χ0v) is 16.7. The molecule has 28 heavy (non-hydrogen) atoms. The molecule has 1 aliphatic rings. The van der Waals surface area contributed by atoms with Crippen molar-refractivity contribution in [3.05, 3.63) is 62.8 Å². The van der Waals surface area contributed by atoms with E-state index in [1.54, 1.807) is 29.3 Å². The van der Waals surface area contributed by atoms with Crippen LogP contribution >= 0.6 is 11.3 Å². The second-order valence-corrected chi connectivity index (χ2v) is 8.30. The summed E-state index contributed by atoms with van der Waals surface area (Å²) in [5, 5.41) is 4.37. The van der Waals surface area contributed by atoms with Crippen molar-refractivity contribution >= 4 is 21.6 Å². The van der Waals surface area contributed by atoms with Crippen molar-refractivity contribution in [1.82, 2.24) is 14.9 Å². The first-order valence-corrected chi connectivity index (χ1v) is 10.4. The Balaban J connectivity index is 1.48. The third-order valence-electron chi connectivity index (χ3n) is 5.29. The SMILES string of the molecule is COCCCn1cnc2sc3c(c2c1=O)CC[C@H](NCc1ccc(F)cc1)C3. The first-order chi connectivity index (χ1) is 13.7. The molecule has 148 valence electrons. The first-order valence-electron chi connectivity index (χ1n) is 9.62. The molecule has 7 heteroatoms. The predicted octanol–water partition coefficient (Wildman–Crippen LogP) is 3.28. The van der Waals surface area contributed by atoms with Crippen LogP contribution in [-0.4, -0.2) is 29.3 Å². The molecule has 2 heterocycles. The molecule has 0 saturated heterocycles. The van der Waals surface area contributed by atoms with Gasteiger partial charge in [-0.05, 0) is 48.9 Å².